The summed E-state index contributed by atoms with van der Waals surface area (Å²) in [7, 11) is -1.81. The second kappa shape index (κ2) is 7.89. The van der Waals surface area contributed by atoms with Gasteiger partial charge in [-0.1, -0.05) is 41.5 Å². The van der Waals surface area contributed by atoms with Crippen molar-refractivity contribution in [1.82, 2.24) is 9.38 Å². The molecule has 0 fully saturated rings. The van der Waals surface area contributed by atoms with Crippen molar-refractivity contribution in [1.29, 1.82) is 0 Å². The first-order valence-electron chi connectivity index (χ1n) is 9.74. The van der Waals surface area contributed by atoms with Crippen molar-refractivity contribution in [2.24, 2.45) is 5.41 Å². The third-order valence-electron chi connectivity index (χ3n) is 6.16. The second-order valence-electron chi connectivity index (χ2n) is 10.1. The number of fused-ring (bicyclic) bond motifs is 1. The molecule has 0 aliphatic heterocycles. The summed E-state index contributed by atoms with van der Waals surface area (Å²) in [6.07, 6.45) is 3.76. The van der Waals surface area contributed by atoms with Crippen LogP contribution in [-0.2, 0) is 10.0 Å². The molecule has 0 saturated carbocycles. The van der Waals surface area contributed by atoms with E-state index in [-0.39, 0.29) is 10.5 Å². The fourth-order valence-corrected chi connectivity index (χ4v) is 4.08. The molecule has 5 nitrogen and oxygen atoms in total. The number of aromatic nitrogens is 2. The Morgan fingerprint density at radius 2 is 1.71 bits per heavy atom. The molecule has 7 heteroatoms. The molecule has 0 aliphatic rings. The lowest BCUT2D eigenvalue weighted by Gasteiger charge is -2.38. The Hall–Kier alpha value is -0.643. The molecule has 0 bridgehead atoms. The van der Waals surface area contributed by atoms with Crippen molar-refractivity contribution in [3.63, 3.8) is 0 Å². The topological polar surface area (TPSA) is 56.0 Å². The molecule has 0 aliphatic carbocycles. The molecule has 0 radical (unpaired) electrons. The van der Waals surface area contributed by atoms with Gasteiger partial charge >= 0.3 is 0 Å². The number of nitrogens with zero attached hydrogens (tertiary/aromatic N) is 2. The van der Waals surface area contributed by atoms with Gasteiger partial charge in [0, 0.05) is 17.8 Å². The van der Waals surface area contributed by atoms with Gasteiger partial charge < -0.3 is 14.3 Å². The maximum Gasteiger partial charge on any atom is 0.192 e. The normalized spacial score (nSPS) is 15.7. The summed E-state index contributed by atoms with van der Waals surface area (Å²) in [6, 6.07) is 1.91. The number of aliphatic hydroxyl groups is 1. The van der Waals surface area contributed by atoms with E-state index >= 15 is 0 Å². The van der Waals surface area contributed by atoms with E-state index in [1.54, 1.807) is 0 Å². The van der Waals surface area contributed by atoms with Crippen LogP contribution in [0.15, 0.2) is 18.5 Å². The van der Waals surface area contributed by atoms with Crippen molar-refractivity contribution in [3.8, 4) is 5.75 Å². The summed E-state index contributed by atoms with van der Waals surface area (Å²) >= 11 is 2.24. The molecule has 1 N–H and O–H groups in total. The summed E-state index contributed by atoms with van der Waals surface area (Å²) in [4.78, 5) is 4.43. The smallest absolute Gasteiger partial charge is 0.192 e. The Morgan fingerprint density at radius 1 is 1.11 bits per heavy atom. The quantitative estimate of drug-likeness (QED) is 0.308. The third kappa shape index (κ3) is 4.74. The van der Waals surface area contributed by atoms with Crippen molar-refractivity contribution < 1.29 is 14.3 Å². The zero-order valence-corrected chi connectivity index (χ0v) is 21.8. The van der Waals surface area contributed by atoms with Gasteiger partial charge in [-0.05, 0) is 53.1 Å². The molecule has 2 heterocycles. The molecule has 0 amide bonds. The molecule has 0 aromatic carbocycles. The Morgan fingerprint density at radius 3 is 2.25 bits per heavy atom. The maximum atomic E-state index is 11.3. The first kappa shape index (κ1) is 23.6. The second-order valence-corrected chi connectivity index (χ2v) is 16.1. The number of hydrogen-bond acceptors (Lipinski definition) is 4. The van der Waals surface area contributed by atoms with Gasteiger partial charge in [0.1, 0.15) is 21.7 Å². The minimum absolute atomic E-state index is 0.166. The highest BCUT2D eigenvalue weighted by Gasteiger charge is 2.40. The highest BCUT2D eigenvalue weighted by molar-refractivity contribution is 14.1. The molecule has 2 rings (SSSR count). The fraction of sp³-hybridized carbons (Fsp3) is 0.667. The number of rotatable bonds is 6. The van der Waals surface area contributed by atoms with E-state index in [2.05, 4.69) is 61.4 Å². The fourth-order valence-electron chi connectivity index (χ4n) is 2.53. The van der Waals surface area contributed by atoms with E-state index in [4.69, 9.17) is 9.16 Å². The van der Waals surface area contributed by atoms with Crippen molar-refractivity contribution in [2.75, 3.05) is 13.2 Å². The van der Waals surface area contributed by atoms with E-state index < -0.39 is 13.9 Å². The molecule has 1 unspecified atom stereocenters. The molecule has 158 valence electrons. The third-order valence-corrected chi connectivity index (χ3v) is 11.5. The SMILES string of the molecule is CC(C)(C)C(C)(O)c1cn2c(I)cnc2cc1OCCO[Si](C)(C)C(C)(C)C. The summed E-state index contributed by atoms with van der Waals surface area (Å²) in [5.74, 6) is 0.660. The summed E-state index contributed by atoms with van der Waals surface area (Å²) in [5, 5.41) is 11.5. The number of hydrogen-bond donors (Lipinski definition) is 1. The summed E-state index contributed by atoms with van der Waals surface area (Å²) in [5.41, 5.74) is 0.140. The molecule has 1 atom stereocenters. The summed E-state index contributed by atoms with van der Waals surface area (Å²) in [6.45, 7) is 20.1. The van der Waals surface area contributed by atoms with Gasteiger partial charge in [-0.3, -0.25) is 4.40 Å². The van der Waals surface area contributed by atoms with Crippen LogP contribution in [-0.4, -0.2) is 36.0 Å². The molecular formula is C21H35IN2O3Si. The van der Waals surface area contributed by atoms with Gasteiger partial charge in [0.05, 0.1) is 18.4 Å². The minimum Gasteiger partial charge on any atom is -0.491 e. The van der Waals surface area contributed by atoms with Crippen LogP contribution in [0.2, 0.25) is 18.1 Å². The highest BCUT2D eigenvalue weighted by atomic mass is 127. The van der Waals surface area contributed by atoms with E-state index in [9.17, 15) is 5.11 Å². The van der Waals surface area contributed by atoms with Crippen molar-refractivity contribution >= 4 is 36.6 Å². The van der Waals surface area contributed by atoms with Gasteiger partial charge in [0.2, 0.25) is 0 Å². The highest BCUT2D eigenvalue weighted by Crippen LogP contribution is 2.43. The lowest BCUT2D eigenvalue weighted by Crippen LogP contribution is -2.41. The largest absolute Gasteiger partial charge is 0.491 e. The van der Waals surface area contributed by atoms with Crippen molar-refractivity contribution in [2.45, 2.75) is 72.2 Å². The van der Waals surface area contributed by atoms with E-state index in [0.29, 0.717) is 19.0 Å². The predicted octanol–water partition coefficient (Wildman–Crippen LogP) is 5.59. The number of halogens is 1. The first-order valence-corrected chi connectivity index (χ1v) is 13.7. The molecular weight excluding hydrogens is 483 g/mol. The minimum atomic E-state index is -1.81. The van der Waals surface area contributed by atoms with Crippen LogP contribution in [0.4, 0.5) is 0 Å². The zero-order valence-electron chi connectivity index (χ0n) is 18.7. The number of pyridine rings is 1. The van der Waals surface area contributed by atoms with E-state index in [1.807, 2.05) is 50.6 Å². The van der Waals surface area contributed by atoms with Gasteiger partial charge in [0.25, 0.3) is 0 Å². The molecule has 2 aromatic heterocycles. The maximum absolute atomic E-state index is 11.3. The van der Waals surface area contributed by atoms with Crippen LogP contribution < -0.4 is 4.74 Å². The average molecular weight is 519 g/mol. The number of ether oxygens (including phenoxy) is 1. The lowest BCUT2D eigenvalue weighted by molar-refractivity contribution is -0.0493. The predicted molar refractivity (Wildman–Crippen MR) is 126 cm³/mol. The molecule has 28 heavy (non-hydrogen) atoms. The molecule has 0 saturated heterocycles. The Bertz CT molecular complexity index is 833. The monoisotopic (exact) mass is 518 g/mol. The van der Waals surface area contributed by atoms with Crippen LogP contribution >= 0.6 is 22.6 Å². The Kier molecular flexibility index (Phi) is 6.66. The lowest BCUT2D eigenvalue weighted by atomic mass is 9.73. The van der Waals surface area contributed by atoms with Crippen LogP contribution in [0.3, 0.4) is 0 Å². The van der Waals surface area contributed by atoms with Crippen molar-refractivity contribution in [3.05, 3.63) is 27.7 Å². The van der Waals surface area contributed by atoms with Crippen LogP contribution in [0.5, 0.6) is 5.75 Å². The first-order chi connectivity index (χ1) is 12.6. The standard InChI is InChI=1S/C21H35IN2O3Si/c1-19(2,3)21(7,25)15-14-24-17(22)13-23-18(24)12-16(15)26-10-11-27-28(8,9)20(4,5)6/h12-14,25H,10-11H2,1-9H3. The molecule has 2 aromatic rings. The van der Waals surface area contributed by atoms with Crippen LogP contribution in [0.1, 0.15) is 54.0 Å². The van der Waals surface area contributed by atoms with Gasteiger partial charge in [-0.15, -0.1) is 0 Å². The van der Waals surface area contributed by atoms with Gasteiger partial charge in [0.15, 0.2) is 8.32 Å². The van der Waals surface area contributed by atoms with Crippen LogP contribution in [0, 0.1) is 9.12 Å². The Balaban J connectivity index is 2.29. The van der Waals surface area contributed by atoms with E-state index in [0.717, 1.165) is 14.9 Å². The Labute approximate surface area is 184 Å². The van der Waals surface area contributed by atoms with Gasteiger partial charge in [-0.25, -0.2) is 4.98 Å². The van der Waals surface area contributed by atoms with Gasteiger partial charge in [-0.2, -0.15) is 0 Å². The molecule has 0 spiro atoms. The van der Waals surface area contributed by atoms with E-state index in [1.165, 1.54) is 0 Å². The summed E-state index contributed by atoms with van der Waals surface area (Å²) < 4.78 is 15.3. The zero-order chi connectivity index (χ0) is 21.5. The number of imidazole rings is 1. The average Bonchev–Trinajstić information content (AvgIpc) is 2.89. The van der Waals surface area contributed by atoms with Crippen LogP contribution in [0.25, 0.3) is 5.65 Å².